The fourth-order valence-corrected chi connectivity index (χ4v) is 8.30. The van der Waals surface area contributed by atoms with Gasteiger partial charge < -0.3 is 19.1 Å². The van der Waals surface area contributed by atoms with Crippen LogP contribution >= 0.6 is 0 Å². The van der Waals surface area contributed by atoms with E-state index in [-0.39, 0.29) is 28.6 Å². The summed E-state index contributed by atoms with van der Waals surface area (Å²) in [5.41, 5.74) is 2.25. The zero-order valence-corrected chi connectivity index (χ0v) is 17.2. The Bertz CT molecular complexity index is 899. The highest BCUT2D eigenvalue weighted by Crippen LogP contribution is 2.76. The highest BCUT2D eigenvalue weighted by Gasteiger charge is 2.80. The summed E-state index contributed by atoms with van der Waals surface area (Å²) in [7, 11) is 5.77. The number of Topliss-reactive ketones (excluding diaryl/α,β-unsaturated/α-hetero) is 1. The lowest BCUT2D eigenvalue weighted by atomic mass is 9.34. The normalized spacial score (nSPS) is 44.8. The molecule has 1 saturated heterocycles. The van der Waals surface area contributed by atoms with E-state index in [1.165, 1.54) is 11.1 Å². The lowest BCUT2D eigenvalue weighted by molar-refractivity contribution is -0.270. The third kappa shape index (κ3) is 1.53. The van der Waals surface area contributed by atoms with Crippen molar-refractivity contribution < 1.29 is 19.0 Å². The number of likely N-dealkylation sites (N-methyl/N-ethyl adjacent to an activating group) is 1. The number of hydrogen-bond acceptors (Lipinski definition) is 5. The summed E-state index contributed by atoms with van der Waals surface area (Å²) >= 11 is 0. The number of likely N-dealkylation sites (tertiary alicyclic amines) is 1. The minimum atomic E-state index is -0.535. The average Bonchev–Trinajstić information content (AvgIpc) is 3.07. The van der Waals surface area contributed by atoms with Gasteiger partial charge in [-0.05, 0) is 64.3 Å². The van der Waals surface area contributed by atoms with Crippen molar-refractivity contribution in [1.82, 2.24) is 4.90 Å². The van der Waals surface area contributed by atoms with E-state index in [1.54, 1.807) is 21.1 Å². The number of ether oxygens (including phenoxy) is 3. The Morgan fingerprint density at radius 1 is 1.25 bits per heavy atom. The molecule has 0 radical (unpaired) electrons. The van der Waals surface area contributed by atoms with E-state index in [0.29, 0.717) is 6.04 Å². The first-order chi connectivity index (χ1) is 13.4. The zero-order valence-electron chi connectivity index (χ0n) is 17.2. The first-order valence-electron chi connectivity index (χ1n) is 10.6. The summed E-state index contributed by atoms with van der Waals surface area (Å²) in [4.78, 5) is 15.4. The Morgan fingerprint density at radius 3 is 2.79 bits per heavy atom. The second kappa shape index (κ2) is 5.11. The third-order valence-electron chi connectivity index (χ3n) is 9.32. The van der Waals surface area contributed by atoms with Gasteiger partial charge in [0.05, 0.1) is 13.0 Å². The predicted molar refractivity (Wildman–Crippen MR) is 104 cm³/mol. The molecule has 6 aliphatic rings. The number of nitrogens with zero attached hydrogens (tertiary/aromatic N) is 1. The van der Waals surface area contributed by atoms with Crippen molar-refractivity contribution in [1.29, 1.82) is 0 Å². The van der Waals surface area contributed by atoms with Crippen LogP contribution in [0.4, 0.5) is 0 Å². The van der Waals surface area contributed by atoms with Gasteiger partial charge in [-0.15, -0.1) is 0 Å². The molecule has 7 rings (SSSR count). The molecular formula is C23H29NO4. The highest BCUT2D eigenvalue weighted by atomic mass is 16.6. The summed E-state index contributed by atoms with van der Waals surface area (Å²) in [5.74, 6) is 1.89. The molecule has 0 amide bonds. The summed E-state index contributed by atoms with van der Waals surface area (Å²) in [6.07, 6.45) is 4.91. The maximum atomic E-state index is 12.8. The van der Waals surface area contributed by atoms with Crippen LogP contribution in [0.15, 0.2) is 12.1 Å². The molecule has 150 valence electrons. The maximum absolute atomic E-state index is 12.8. The fraction of sp³-hybridized carbons (Fsp3) is 0.696. The quantitative estimate of drug-likeness (QED) is 0.803. The molecule has 2 aliphatic heterocycles. The summed E-state index contributed by atoms with van der Waals surface area (Å²) in [6, 6.07) is 4.75. The van der Waals surface area contributed by atoms with Gasteiger partial charge in [0.1, 0.15) is 17.5 Å². The van der Waals surface area contributed by atoms with Crippen molar-refractivity contribution in [3.8, 4) is 11.5 Å². The minimum absolute atomic E-state index is 0.0676. The molecule has 0 aromatic heterocycles. The van der Waals surface area contributed by atoms with Gasteiger partial charge in [0.2, 0.25) is 0 Å². The molecule has 5 nitrogen and oxygen atoms in total. The van der Waals surface area contributed by atoms with Gasteiger partial charge in [0.15, 0.2) is 11.5 Å². The topological polar surface area (TPSA) is 48.0 Å². The van der Waals surface area contributed by atoms with Gasteiger partial charge in [-0.1, -0.05) is 6.07 Å². The van der Waals surface area contributed by atoms with E-state index in [9.17, 15) is 4.79 Å². The first kappa shape index (κ1) is 17.3. The Balaban J connectivity index is 1.69. The van der Waals surface area contributed by atoms with E-state index in [4.69, 9.17) is 14.2 Å². The van der Waals surface area contributed by atoms with Crippen LogP contribution in [0.25, 0.3) is 0 Å². The van der Waals surface area contributed by atoms with Gasteiger partial charge >= 0.3 is 0 Å². The molecule has 2 spiro atoms. The number of carbonyl (C=O) groups excluding carboxylic acids is 1. The van der Waals surface area contributed by atoms with Gasteiger partial charge in [-0.25, -0.2) is 0 Å². The number of methoxy groups -OCH3 is 2. The molecule has 6 atom stereocenters. The van der Waals surface area contributed by atoms with Crippen molar-refractivity contribution in [3.05, 3.63) is 23.3 Å². The monoisotopic (exact) mass is 383 g/mol. The number of carbonyl (C=O) groups is 1. The van der Waals surface area contributed by atoms with Crippen LogP contribution < -0.4 is 9.47 Å². The van der Waals surface area contributed by atoms with E-state index < -0.39 is 5.60 Å². The average molecular weight is 383 g/mol. The zero-order chi connectivity index (χ0) is 19.5. The Hall–Kier alpha value is -1.59. The Morgan fingerprint density at radius 2 is 2.07 bits per heavy atom. The van der Waals surface area contributed by atoms with Crippen LogP contribution in [0.1, 0.15) is 43.7 Å². The molecule has 0 N–H and O–H groups in total. The summed E-state index contributed by atoms with van der Waals surface area (Å²) < 4.78 is 18.8. The van der Waals surface area contributed by atoms with Crippen molar-refractivity contribution in [2.45, 2.75) is 62.2 Å². The van der Waals surface area contributed by atoms with E-state index >= 15 is 0 Å². The molecule has 4 fully saturated rings. The molecule has 4 aliphatic carbocycles. The van der Waals surface area contributed by atoms with Crippen LogP contribution in [-0.4, -0.2) is 56.2 Å². The number of benzene rings is 1. The molecule has 3 saturated carbocycles. The molecule has 5 heteroatoms. The molecule has 1 aromatic rings. The number of piperidine rings is 1. The molecule has 28 heavy (non-hydrogen) atoms. The molecular weight excluding hydrogens is 354 g/mol. The lowest BCUT2D eigenvalue weighted by Gasteiger charge is -2.73. The Labute approximate surface area is 166 Å². The van der Waals surface area contributed by atoms with Crippen LogP contribution in [0.3, 0.4) is 0 Å². The number of rotatable bonds is 3. The van der Waals surface area contributed by atoms with Crippen molar-refractivity contribution in [2.75, 3.05) is 27.8 Å². The van der Waals surface area contributed by atoms with Gasteiger partial charge in [0.25, 0.3) is 0 Å². The maximum Gasteiger partial charge on any atom is 0.165 e. The first-order valence-corrected chi connectivity index (χ1v) is 10.6. The molecule has 1 unspecified atom stereocenters. The standard InChI is InChI=1S/C23H29NO4/c1-13(25)15-12-21-7-8-23(15,27-4)20-22(21)9-10-24(2)17(21)11-14-5-6-16(26-3)19(28-20)18(14)22/h5-6,15,17,20H,7-12H2,1-4H3/t15-,17-,20-,21+,22+,23?/m1/s1. The largest absolute Gasteiger partial charge is 0.493 e. The van der Waals surface area contributed by atoms with Gasteiger partial charge in [-0.2, -0.15) is 0 Å². The number of fused-ring (bicyclic) bond motifs is 2. The Kier molecular flexibility index (Phi) is 3.16. The van der Waals surface area contributed by atoms with Crippen molar-refractivity contribution >= 4 is 5.78 Å². The second-order valence-corrected chi connectivity index (χ2v) is 9.73. The molecule has 1 aromatic carbocycles. The summed E-state index contributed by atoms with van der Waals surface area (Å²) in [6.45, 7) is 2.80. The number of hydrogen-bond donors (Lipinski definition) is 0. The third-order valence-corrected chi connectivity index (χ3v) is 9.32. The SMILES string of the molecule is COc1ccc2c3c1O[C@H]1C4(OC)CC[C@]5(C[C@@H]4C(C)=O)[C@@H](C2)N(C)CC[C@]315. The number of ketones is 1. The van der Waals surface area contributed by atoms with Gasteiger partial charge in [-0.3, -0.25) is 4.79 Å². The van der Waals surface area contributed by atoms with Crippen molar-refractivity contribution in [3.63, 3.8) is 0 Å². The van der Waals surface area contributed by atoms with E-state index in [0.717, 1.165) is 50.1 Å². The van der Waals surface area contributed by atoms with Crippen molar-refractivity contribution in [2.24, 2.45) is 11.3 Å². The minimum Gasteiger partial charge on any atom is -0.493 e. The van der Waals surface area contributed by atoms with Crippen LogP contribution in [0.2, 0.25) is 0 Å². The lowest BCUT2D eigenvalue weighted by Crippen LogP contribution is -2.81. The molecule has 2 heterocycles. The fourth-order valence-electron chi connectivity index (χ4n) is 8.30. The molecule has 4 bridgehead atoms. The van der Waals surface area contributed by atoms with Gasteiger partial charge in [0, 0.05) is 29.5 Å². The predicted octanol–water partition coefficient (Wildman–Crippen LogP) is 2.73. The summed E-state index contributed by atoms with van der Waals surface area (Å²) in [5, 5.41) is 0. The van der Waals surface area contributed by atoms with Crippen LogP contribution in [0, 0.1) is 11.3 Å². The van der Waals surface area contributed by atoms with E-state index in [1.807, 2.05) is 0 Å². The smallest absolute Gasteiger partial charge is 0.165 e. The van der Waals surface area contributed by atoms with E-state index in [2.05, 4.69) is 24.1 Å². The van der Waals surface area contributed by atoms with Crippen LogP contribution in [-0.2, 0) is 21.4 Å². The second-order valence-electron chi connectivity index (χ2n) is 9.73. The van der Waals surface area contributed by atoms with Crippen LogP contribution in [0.5, 0.6) is 11.5 Å². The highest BCUT2D eigenvalue weighted by molar-refractivity contribution is 5.81.